The van der Waals surface area contributed by atoms with Gasteiger partial charge in [0, 0.05) is 0 Å². The van der Waals surface area contributed by atoms with E-state index >= 15 is 0 Å². The van der Waals surface area contributed by atoms with Crippen molar-refractivity contribution in [2.45, 2.75) is 40.0 Å². The van der Waals surface area contributed by atoms with Gasteiger partial charge in [0.15, 0.2) is 6.54 Å². The van der Waals surface area contributed by atoms with Crippen molar-refractivity contribution in [1.82, 2.24) is 0 Å². The van der Waals surface area contributed by atoms with E-state index < -0.39 is 5.97 Å². The molecule has 14 heavy (non-hydrogen) atoms. The zero-order valence-electron chi connectivity index (χ0n) is 9.75. The minimum absolute atomic E-state index is 0.287. The maximum absolute atomic E-state index is 10.8. The number of carbonyl (C=O) groups is 1. The quantitative estimate of drug-likeness (QED) is 0.612. The van der Waals surface area contributed by atoms with Crippen LogP contribution in [-0.2, 0) is 4.79 Å². The summed E-state index contributed by atoms with van der Waals surface area (Å²) in [6.45, 7) is 9.64. The zero-order valence-corrected chi connectivity index (χ0v) is 9.75. The van der Waals surface area contributed by atoms with Gasteiger partial charge in [0.2, 0.25) is 0 Å². The first-order valence-corrected chi connectivity index (χ1v) is 5.67. The van der Waals surface area contributed by atoms with Crippen molar-refractivity contribution in [2.75, 3.05) is 26.2 Å². The highest BCUT2D eigenvalue weighted by Gasteiger charge is 2.27. The molecule has 0 aromatic carbocycles. The topological polar surface area (TPSA) is 37.3 Å². The van der Waals surface area contributed by atoms with E-state index in [1.165, 1.54) is 0 Å². The second-order valence-corrected chi connectivity index (χ2v) is 4.06. The molecule has 0 heterocycles. The lowest BCUT2D eigenvalue weighted by Crippen LogP contribution is -2.52. The van der Waals surface area contributed by atoms with Crippen LogP contribution in [0.15, 0.2) is 0 Å². The summed E-state index contributed by atoms with van der Waals surface area (Å²) in [6.07, 6.45) is 3.19. The third-order valence-electron chi connectivity index (χ3n) is 2.56. The molecule has 1 N–H and O–H groups in total. The monoisotopic (exact) mass is 202 g/mol. The maximum atomic E-state index is 10.8. The van der Waals surface area contributed by atoms with Gasteiger partial charge >= 0.3 is 5.97 Å². The zero-order chi connectivity index (χ0) is 11.0. The Morgan fingerprint density at radius 3 is 1.57 bits per heavy atom. The summed E-state index contributed by atoms with van der Waals surface area (Å²) in [5.74, 6) is -0.666. The van der Waals surface area contributed by atoms with Gasteiger partial charge in [-0.15, -0.1) is 0 Å². The van der Waals surface area contributed by atoms with E-state index in [9.17, 15) is 4.79 Å². The fourth-order valence-corrected chi connectivity index (χ4v) is 2.28. The molecule has 0 amide bonds. The largest absolute Gasteiger partial charge is 0.477 e. The van der Waals surface area contributed by atoms with Gasteiger partial charge in [-0.25, -0.2) is 4.79 Å². The first kappa shape index (κ1) is 13.4. The Kier molecular flexibility index (Phi) is 6.54. The molecule has 0 saturated carbocycles. The predicted molar refractivity (Wildman–Crippen MR) is 58.2 cm³/mol. The Labute approximate surface area is 87.3 Å². The third kappa shape index (κ3) is 4.61. The second-order valence-electron chi connectivity index (χ2n) is 4.06. The fourth-order valence-electron chi connectivity index (χ4n) is 2.28. The van der Waals surface area contributed by atoms with Crippen molar-refractivity contribution in [2.24, 2.45) is 0 Å². The fraction of sp³-hybridized carbons (Fsp3) is 0.909. The van der Waals surface area contributed by atoms with Crippen molar-refractivity contribution in [3.63, 3.8) is 0 Å². The first-order chi connectivity index (χ1) is 6.60. The highest BCUT2D eigenvalue weighted by atomic mass is 16.4. The highest BCUT2D eigenvalue weighted by Crippen LogP contribution is 2.11. The van der Waals surface area contributed by atoms with Crippen molar-refractivity contribution in [1.29, 1.82) is 0 Å². The summed E-state index contributed by atoms with van der Waals surface area (Å²) in [7, 11) is 0. The van der Waals surface area contributed by atoms with Crippen LogP contribution < -0.4 is 0 Å². The molecular formula is C11H24NO2+. The molecule has 0 aliphatic rings. The Hall–Kier alpha value is -0.570. The molecule has 0 rings (SSSR count). The molecule has 0 spiro atoms. The van der Waals surface area contributed by atoms with Crippen LogP contribution in [0.2, 0.25) is 0 Å². The van der Waals surface area contributed by atoms with Crippen LogP contribution in [0.5, 0.6) is 0 Å². The van der Waals surface area contributed by atoms with Crippen LogP contribution in [0, 0.1) is 0 Å². The molecule has 3 nitrogen and oxygen atoms in total. The lowest BCUT2D eigenvalue weighted by molar-refractivity contribution is -0.921. The van der Waals surface area contributed by atoms with Crippen molar-refractivity contribution >= 4 is 5.97 Å². The van der Waals surface area contributed by atoms with Crippen LogP contribution in [0.1, 0.15) is 40.0 Å². The number of hydrogen-bond donors (Lipinski definition) is 1. The number of hydrogen-bond acceptors (Lipinski definition) is 1. The Balaban J connectivity index is 4.45. The summed E-state index contributed by atoms with van der Waals surface area (Å²) >= 11 is 0. The lowest BCUT2D eigenvalue weighted by atomic mass is 10.2. The van der Waals surface area contributed by atoms with E-state index in [1.807, 2.05) is 0 Å². The molecule has 0 radical (unpaired) electrons. The van der Waals surface area contributed by atoms with Crippen LogP contribution in [-0.4, -0.2) is 41.7 Å². The summed E-state index contributed by atoms with van der Waals surface area (Å²) in [4.78, 5) is 10.8. The second kappa shape index (κ2) is 6.82. The van der Waals surface area contributed by atoms with Gasteiger partial charge in [-0.2, -0.15) is 0 Å². The van der Waals surface area contributed by atoms with Gasteiger partial charge < -0.3 is 9.59 Å². The summed E-state index contributed by atoms with van der Waals surface area (Å²) in [6, 6.07) is 0. The molecule has 0 aliphatic carbocycles. The van der Waals surface area contributed by atoms with Crippen molar-refractivity contribution in [3.05, 3.63) is 0 Å². The smallest absolute Gasteiger partial charge is 0.359 e. The standard InChI is InChI=1S/C11H23NO2/c1-4-7-12(8-5-2,9-6-3)10-11(13)14/h4-10H2,1-3H3/p+1. The molecule has 0 bridgehead atoms. The molecule has 0 aromatic heterocycles. The highest BCUT2D eigenvalue weighted by molar-refractivity contribution is 5.67. The molecule has 84 valence electrons. The molecule has 0 atom stereocenters. The summed E-state index contributed by atoms with van der Waals surface area (Å²) in [5, 5.41) is 8.91. The van der Waals surface area contributed by atoms with Gasteiger partial charge in [0.1, 0.15) is 0 Å². The van der Waals surface area contributed by atoms with Gasteiger partial charge in [-0.05, 0) is 19.3 Å². The van der Waals surface area contributed by atoms with Crippen LogP contribution in [0.3, 0.4) is 0 Å². The van der Waals surface area contributed by atoms with Crippen LogP contribution >= 0.6 is 0 Å². The molecular weight excluding hydrogens is 178 g/mol. The molecule has 0 unspecified atom stereocenters. The minimum Gasteiger partial charge on any atom is -0.477 e. The normalized spacial score (nSPS) is 11.6. The molecule has 0 saturated heterocycles. The average Bonchev–Trinajstić information content (AvgIpc) is 2.03. The molecule has 0 fully saturated rings. The number of aliphatic carboxylic acids is 1. The summed E-state index contributed by atoms with van der Waals surface area (Å²) in [5.41, 5.74) is 0. The van der Waals surface area contributed by atoms with Crippen molar-refractivity contribution < 1.29 is 14.4 Å². The number of rotatable bonds is 8. The van der Waals surface area contributed by atoms with Gasteiger partial charge in [0.05, 0.1) is 19.6 Å². The van der Waals surface area contributed by atoms with E-state index in [2.05, 4.69) is 20.8 Å². The lowest BCUT2D eigenvalue weighted by Gasteiger charge is -2.36. The average molecular weight is 202 g/mol. The third-order valence-corrected chi connectivity index (χ3v) is 2.56. The molecule has 3 heteroatoms. The van der Waals surface area contributed by atoms with Crippen LogP contribution in [0.4, 0.5) is 0 Å². The van der Waals surface area contributed by atoms with E-state index in [-0.39, 0.29) is 6.54 Å². The van der Waals surface area contributed by atoms with Gasteiger partial charge in [-0.3, -0.25) is 0 Å². The summed E-state index contributed by atoms with van der Waals surface area (Å²) < 4.78 is 0.763. The van der Waals surface area contributed by atoms with Crippen molar-refractivity contribution in [3.8, 4) is 0 Å². The van der Waals surface area contributed by atoms with Crippen LogP contribution in [0.25, 0.3) is 0 Å². The Morgan fingerprint density at radius 2 is 1.36 bits per heavy atom. The SMILES string of the molecule is CCC[N+](CCC)(CCC)CC(=O)O. The van der Waals surface area contributed by atoms with E-state index in [1.54, 1.807) is 0 Å². The maximum Gasteiger partial charge on any atom is 0.359 e. The number of nitrogens with zero attached hydrogens (tertiary/aromatic N) is 1. The van der Waals surface area contributed by atoms with Gasteiger partial charge in [-0.1, -0.05) is 20.8 Å². The number of carboxylic acids is 1. The minimum atomic E-state index is -0.666. The van der Waals surface area contributed by atoms with E-state index in [0.29, 0.717) is 0 Å². The number of carboxylic acid groups (broad SMARTS) is 1. The predicted octanol–water partition coefficient (Wildman–Crippen LogP) is 2.12. The van der Waals surface area contributed by atoms with E-state index in [0.717, 1.165) is 43.4 Å². The molecule has 0 aromatic rings. The first-order valence-electron chi connectivity index (χ1n) is 5.67. The molecule has 0 aliphatic heterocycles. The van der Waals surface area contributed by atoms with Gasteiger partial charge in [0.25, 0.3) is 0 Å². The Bertz CT molecular complexity index is 152. The number of quaternary nitrogens is 1. The van der Waals surface area contributed by atoms with E-state index in [4.69, 9.17) is 5.11 Å². The Morgan fingerprint density at radius 1 is 1.00 bits per heavy atom.